The van der Waals surface area contributed by atoms with E-state index in [-0.39, 0.29) is 0 Å². The molecular formula is C25H24. The summed E-state index contributed by atoms with van der Waals surface area (Å²) in [5.74, 6) is 1.06. The van der Waals surface area contributed by atoms with Crippen LogP contribution in [-0.4, -0.2) is 0 Å². The van der Waals surface area contributed by atoms with Gasteiger partial charge in [0.05, 0.1) is 0 Å². The average molecular weight is 324 g/mol. The lowest BCUT2D eigenvalue weighted by Gasteiger charge is -2.21. The molecule has 0 saturated carbocycles. The number of hydrogen-bond donors (Lipinski definition) is 0. The van der Waals surface area contributed by atoms with Crippen molar-refractivity contribution in [1.29, 1.82) is 0 Å². The van der Waals surface area contributed by atoms with Crippen LogP contribution in [0.3, 0.4) is 0 Å². The van der Waals surface area contributed by atoms with Crippen molar-refractivity contribution < 1.29 is 0 Å². The Morgan fingerprint density at radius 1 is 0.520 bits per heavy atom. The van der Waals surface area contributed by atoms with E-state index in [1.165, 1.54) is 32.7 Å². The van der Waals surface area contributed by atoms with E-state index in [9.17, 15) is 0 Å². The fourth-order valence-corrected chi connectivity index (χ4v) is 4.14. The highest BCUT2D eigenvalue weighted by atomic mass is 14.2. The monoisotopic (exact) mass is 324 g/mol. The molecule has 0 amide bonds. The molecule has 0 saturated heterocycles. The molecule has 0 aliphatic carbocycles. The Hall–Kier alpha value is -2.60. The molecule has 0 aliphatic rings. The van der Waals surface area contributed by atoms with Gasteiger partial charge in [-0.1, -0.05) is 98.8 Å². The Balaban J connectivity index is 1.66. The highest BCUT2D eigenvalue weighted by Crippen LogP contribution is 2.35. The molecule has 0 bridgehead atoms. The van der Waals surface area contributed by atoms with Crippen LogP contribution < -0.4 is 0 Å². The lowest BCUT2D eigenvalue weighted by Crippen LogP contribution is -2.02. The molecule has 0 spiro atoms. The Bertz CT molecular complexity index is 919. The molecule has 0 heteroatoms. The molecule has 0 nitrogen and oxygen atoms in total. The van der Waals surface area contributed by atoms with Gasteiger partial charge in [0.15, 0.2) is 0 Å². The van der Waals surface area contributed by atoms with Crippen molar-refractivity contribution in [3.8, 4) is 0 Å². The van der Waals surface area contributed by atoms with E-state index in [2.05, 4.69) is 98.8 Å². The van der Waals surface area contributed by atoms with Gasteiger partial charge in [-0.15, -0.1) is 0 Å². The van der Waals surface area contributed by atoms with E-state index in [4.69, 9.17) is 0 Å². The summed E-state index contributed by atoms with van der Waals surface area (Å²) < 4.78 is 0. The van der Waals surface area contributed by atoms with E-state index in [1.54, 1.807) is 0 Å². The summed E-state index contributed by atoms with van der Waals surface area (Å²) >= 11 is 0. The Morgan fingerprint density at radius 2 is 0.920 bits per heavy atom. The quantitative estimate of drug-likeness (QED) is 0.370. The highest BCUT2D eigenvalue weighted by molar-refractivity contribution is 5.87. The van der Waals surface area contributed by atoms with E-state index < -0.39 is 0 Å². The molecule has 0 N–H and O–H groups in total. The van der Waals surface area contributed by atoms with Crippen LogP contribution >= 0.6 is 0 Å². The first kappa shape index (κ1) is 15.9. The number of hydrogen-bond acceptors (Lipinski definition) is 0. The maximum Gasteiger partial charge on any atom is -0.0149 e. The molecule has 4 aromatic rings. The van der Waals surface area contributed by atoms with Crippen LogP contribution in [0.5, 0.6) is 0 Å². The van der Waals surface area contributed by atoms with Gasteiger partial charge in [0.25, 0.3) is 0 Å². The molecule has 0 radical (unpaired) electrons. The van der Waals surface area contributed by atoms with Gasteiger partial charge < -0.3 is 0 Å². The number of fused-ring (bicyclic) bond motifs is 2. The predicted molar refractivity (Wildman–Crippen MR) is 109 cm³/mol. The minimum atomic E-state index is 0.528. The van der Waals surface area contributed by atoms with Crippen molar-refractivity contribution in [3.63, 3.8) is 0 Å². The normalized spacial score (nSPS) is 13.8. The van der Waals surface area contributed by atoms with Gasteiger partial charge in [0, 0.05) is 0 Å². The molecule has 4 aromatic carbocycles. The minimum Gasteiger partial charge on any atom is -0.0616 e. The summed E-state index contributed by atoms with van der Waals surface area (Å²) in [5, 5.41) is 5.46. The van der Waals surface area contributed by atoms with E-state index in [1.807, 2.05) is 0 Å². The maximum atomic E-state index is 2.36. The largest absolute Gasteiger partial charge is 0.0616 e. The first-order valence-corrected chi connectivity index (χ1v) is 9.19. The van der Waals surface area contributed by atoms with E-state index in [0.29, 0.717) is 11.8 Å². The number of rotatable bonds is 4. The first-order chi connectivity index (χ1) is 12.2. The van der Waals surface area contributed by atoms with Crippen LogP contribution in [0.25, 0.3) is 21.5 Å². The predicted octanol–water partition coefficient (Wildman–Crippen LogP) is 7.29. The molecule has 2 unspecified atom stereocenters. The van der Waals surface area contributed by atoms with Crippen LogP contribution in [0.1, 0.15) is 43.2 Å². The van der Waals surface area contributed by atoms with Crippen molar-refractivity contribution in [2.75, 3.05) is 0 Å². The van der Waals surface area contributed by atoms with Gasteiger partial charge in [-0.25, -0.2) is 0 Å². The van der Waals surface area contributed by atoms with Crippen molar-refractivity contribution in [2.45, 2.75) is 32.1 Å². The van der Waals surface area contributed by atoms with Gasteiger partial charge in [-0.05, 0) is 50.9 Å². The molecule has 0 aromatic heterocycles. The van der Waals surface area contributed by atoms with Gasteiger partial charge in [-0.2, -0.15) is 0 Å². The maximum absolute atomic E-state index is 2.36. The van der Waals surface area contributed by atoms with Gasteiger partial charge in [0.1, 0.15) is 0 Å². The molecule has 0 heterocycles. The summed E-state index contributed by atoms with van der Waals surface area (Å²) in [5.41, 5.74) is 2.93. The van der Waals surface area contributed by atoms with E-state index >= 15 is 0 Å². The Morgan fingerprint density at radius 3 is 1.40 bits per heavy atom. The first-order valence-electron chi connectivity index (χ1n) is 9.19. The molecule has 25 heavy (non-hydrogen) atoms. The second-order valence-electron chi connectivity index (χ2n) is 7.17. The van der Waals surface area contributed by atoms with Crippen LogP contribution in [0.15, 0.2) is 84.9 Å². The fourth-order valence-electron chi connectivity index (χ4n) is 4.14. The zero-order valence-electron chi connectivity index (χ0n) is 14.9. The summed E-state index contributed by atoms with van der Waals surface area (Å²) in [6.45, 7) is 4.73. The zero-order valence-corrected chi connectivity index (χ0v) is 14.9. The zero-order chi connectivity index (χ0) is 17.2. The standard InChI is InChI=1S/C25H24/c1-18(22-15-7-11-20-9-3-5-13-24(20)22)17-19(2)23-16-8-12-21-10-4-6-14-25(21)23/h3-16,18-19H,17H2,1-2H3. The summed E-state index contributed by atoms with van der Waals surface area (Å²) in [6.07, 6.45) is 1.15. The topological polar surface area (TPSA) is 0 Å². The van der Waals surface area contributed by atoms with Crippen molar-refractivity contribution in [1.82, 2.24) is 0 Å². The Labute approximate surface area is 150 Å². The van der Waals surface area contributed by atoms with Crippen molar-refractivity contribution >= 4 is 21.5 Å². The van der Waals surface area contributed by atoms with Gasteiger partial charge in [0.2, 0.25) is 0 Å². The Kier molecular flexibility index (Phi) is 4.28. The van der Waals surface area contributed by atoms with Crippen molar-refractivity contribution in [3.05, 3.63) is 96.1 Å². The summed E-state index contributed by atoms with van der Waals surface area (Å²) in [4.78, 5) is 0. The second kappa shape index (κ2) is 6.72. The molecule has 0 fully saturated rings. The number of benzene rings is 4. The van der Waals surface area contributed by atoms with Crippen LogP contribution in [0.4, 0.5) is 0 Å². The highest BCUT2D eigenvalue weighted by Gasteiger charge is 2.16. The van der Waals surface area contributed by atoms with E-state index in [0.717, 1.165) is 6.42 Å². The summed E-state index contributed by atoms with van der Waals surface area (Å²) in [6, 6.07) is 30.8. The average Bonchev–Trinajstić information content (AvgIpc) is 2.67. The summed E-state index contributed by atoms with van der Waals surface area (Å²) in [7, 11) is 0. The lowest BCUT2D eigenvalue weighted by molar-refractivity contribution is 0.598. The SMILES string of the molecule is CC(CC(C)c1cccc2ccccc12)c1cccc2ccccc12. The third-order valence-electron chi connectivity index (χ3n) is 5.42. The second-order valence-corrected chi connectivity index (χ2v) is 7.17. The lowest BCUT2D eigenvalue weighted by atomic mass is 9.84. The van der Waals surface area contributed by atoms with Gasteiger partial charge in [-0.3, -0.25) is 0 Å². The molecule has 2 atom stereocenters. The van der Waals surface area contributed by atoms with Crippen LogP contribution in [0, 0.1) is 0 Å². The minimum absolute atomic E-state index is 0.528. The molecule has 4 rings (SSSR count). The molecular weight excluding hydrogens is 300 g/mol. The fraction of sp³-hybridized carbons (Fsp3) is 0.200. The van der Waals surface area contributed by atoms with Crippen molar-refractivity contribution in [2.24, 2.45) is 0 Å². The van der Waals surface area contributed by atoms with Crippen LogP contribution in [0.2, 0.25) is 0 Å². The van der Waals surface area contributed by atoms with Gasteiger partial charge >= 0.3 is 0 Å². The third kappa shape index (κ3) is 3.05. The molecule has 0 aliphatic heterocycles. The molecule has 124 valence electrons. The third-order valence-corrected chi connectivity index (χ3v) is 5.42. The smallest absolute Gasteiger partial charge is 0.0149 e. The van der Waals surface area contributed by atoms with Crippen LogP contribution in [-0.2, 0) is 0 Å².